The number of morpholine rings is 1. The molecule has 180 valence electrons. The minimum absolute atomic E-state index is 0.0627. The van der Waals surface area contributed by atoms with E-state index in [1.807, 2.05) is 24.3 Å². The fourth-order valence-electron chi connectivity index (χ4n) is 4.33. The number of benzene rings is 2. The van der Waals surface area contributed by atoms with Crippen molar-refractivity contribution in [1.82, 2.24) is 14.8 Å². The number of aromatic nitrogens is 1. The molecule has 0 atom stereocenters. The van der Waals surface area contributed by atoms with Crippen LogP contribution < -0.4 is 10.9 Å². The van der Waals surface area contributed by atoms with Gasteiger partial charge < -0.3 is 19.9 Å². The molecule has 1 aliphatic rings. The number of aromatic amines is 1. The summed E-state index contributed by atoms with van der Waals surface area (Å²) in [4.78, 5) is 20.5. The van der Waals surface area contributed by atoms with Crippen LogP contribution in [0.3, 0.4) is 0 Å². The van der Waals surface area contributed by atoms with Crippen LogP contribution in [0.2, 0.25) is 0 Å². The van der Waals surface area contributed by atoms with Gasteiger partial charge >= 0.3 is 0 Å². The van der Waals surface area contributed by atoms with Crippen LogP contribution in [0, 0.1) is 20.8 Å². The van der Waals surface area contributed by atoms with Crippen molar-refractivity contribution in [3.8, 4) is 0 Å². The first kappa shape index (κ1) is 24.4. The molecule has 34 heavy (non-hydrogen) atoms. The number of pyridine rings is 1. The van der Waals surface area contributed by atoms with E-state index in [4.69, 9.17) is 17.0 Å². The molecule has 1 fully saturated rings. The van der Waals surface area contributed by atoms with E-state index in [9.17, 15) is 4.79 Å². The van der Waals surface area contributed by atoms with Gasteiger partial charge in [-0.05, 0) is 91.8 Å². The summed E-state index contributed by atoms with van der Waals surface area (Å²) >= 11 is 5.82. The lowest BCUT2D eigenvalue weighted by atomic mass is 10.0. The molecule has 0 aliphatic carbocycles. The molecular weight excluding hydrogens is 444 g/mol. The van der Waals surface area contributed by atoms with E-state index >= 15 is 0 Å². The smallest absolute Gasteiger partial charge is 0.253 e. The lowest BCUT2D eigenvalue weighted by Gasteiger charge is -2.29. The number of anilines is 1. The fraction of sp³-hybridized carbons (Fsp3) is 0.407. The Morgan fingerprint density at radius 3 is 2.65 bits per heavy atom. The van der Waals surface area contributed by atoms with Crippen LogP contribution in [-0.2, 0) is 11.3 Å². The number of H-pyrrole nitrogens is 1. The summed E-state index contributed by atoms with van der Waals surface area (Å²) in [7, 11) is 0. The molecule has 7 heteroatoms. The van der Waals surface area contributed by atoms with Crippen LogP contribution in [0.4, 0.5) is 5.69 Å². The second kappa shape index (κ2) is 11.1. The molecule has 2 heterocycles. The molecular formula is C27H34N4O2S. The van der Waals surface area contributed by atoms with Crippen molar-refractivity contribution < 1.29 is 4.74 Å². The third kappa shape index (κ3) is 6.23. The van der Waals surface area contributed by atoms with Gasteiger partial charge in [-0.3, -0.25) is 9.69 Å². The summed E-state index contributed by atoms with van der Waals surface area (Å²) in [6.07, 6.45) is 0.958. The topological polar surface area (TPSA) is 60.6 Å². The van der Waals surface area contributed by atoms with Gasteiger partial charge in [-0.1, -0.05) is 12.1 Å². The highest BCUT2D eigenvalue weighted by atomic mass is 32.1. The second-order valence-corrected chi connectivity index (χ2v) is 9.56. The zero-order chi connectivity index (χ0) is 24.1. The fourth-order valence-corrected chi connectivity index (χ4v) is 4.61. The van der Waals surface area contributed by atoms with E-state index in [0.717, 1.165) is 68.0 Å². The highest BCUT2D eigenvalue weighted by Gasteiger charge is 2.16. The van der Waals surface area contributed by atoms with Gasteiger partial charge in [0, 0.05) is 42.9 Å². The predicted molar refractivity (Wildman–Crippen MR) is 144 cm³/mol. The monoisotopic (exact) mass is 478 g/mol. The Kier molecular flexibility index (Phi) is 7.98. The third-order valence-corrected chi connectivity index (χ3v) is 6.82. The summed E-state index contributed by atoms with van der Waals surface area (Å²) in [6, 6.07) is 14.3. The molecule has 6 nitrogen and oxygen atoms in total. The Bertz CT molecular complexity index is 1220. The summed E-state index contributed by atoms with van der Waals surface area (Å²) < 4.78 is 5.46. The highest BCUT2D eigenvalue weighted by Crippen LogP contribution is 2.18. The standard InChI is InChI=1S/C27H34N4O2S/c1-19-6-4-7-24(14-19)28-27(34)31(9-5-8-30-10-12-33-13-11-30)18-23-17-22-15-20(2)21(3)16-25(22)29-26(23)32/h4,6-7,14-17H,5,8-13,18H2,1-3H3,(H,28,34)(H,29,32). The maximum Gasteiger partial charge on any atom is 0.253 e. The average Bonchev–Trinajstić information content (AvgIpc) is 2.81. The quantitative estimate of drug-likeness (QED) is 0.492. The summed E-state index contributed by atoms with van der Waals surface area (Å²) in [5.41, 5.74) is 6.04. The Morgan fingerprint density at radius 1 is 1.12 bits per heavy atom. The van der Waals surface area contributed by atoms with Crippen LogP contribution in [0.1, 0.15) is 28.7 Å². The van der Waals surface area contributed by atoms with Crippen LogP contribution in [0.5, 0.6) is 0 Å². The van der Waals surface area contributed by atoms with Crippen LogP contribution in [-0.4, -0.2) is 59.3 Å². The van der Waals surface area contributed by atoms with Crippen LogP contribution >= 0.6 is 12.2 Å². The van der Waals surface area contributed by atoms with Crippen molar-refractivity contribution >= 4 is 33.9 Å². The second-order valence-electron chi connectivity index (χ2n) is 9.18. The summed E-state index contributed by atoms with van der Waals surface area (Å²) in [5, 5.41) is 5.05. The molecule has 0 radical (unpaired) electrons. The minimum Gasteiger partial charge on any atom is -0.379 e. The number of hydrogen-bond donors (Lipinski definition) is 2. The van der Waals surface area contributed by atoms with Gasteiger partial charge in [-0.25, -0.2) is 0 Å². The first-order valence-electron chi connectivity index (χ1n) is 11.9. The molecule has 3 aromatic rings. The van der Waals surface area contributed by atoms with Crippen molar-refractivity contribution in [3.05, 3.63) is 75.1 Å². The van der Waals surface area contributed by atoms with Crippen molar-refractivity contribution in [3.63, 3.8) is 0 Å². The van der Waals surface area contributed by atoms with Crippen molar-refractivity contribution in [2.75, 3.05) is 44.7 Å². The number of nitrogens with one attached hydrogen (secondary N) is 2. The lowest BCUT2D eigenvalue weighted by Crippen LogP contribution is -2.40. The lowest BCUT2D eigenvalue weighted by molar-refractivity contribution is 0.0367. The Balaban J connectivity index is 1.53. The largest absolute Gasteiger partial charge is 0.379 e. The van der Waals surface area contributed by atoms with Crippen molar-refractivity contribution in [1.29, 1.82) is 0 Å². The Hall–Kier alpha value is -2.74. The number of rotatable bonds is 7. The third-order valence-electron chi connectivity index (χ3n) is 6.46. The average molecular weight is 479 g/mol. The van der Waals surface area contributed by atoms with Gasteiger partial charge in [0.05, 0.1) is 19.8 Å². The highest BCUT2D eigenvalue weighted by molar-refractivity contribution is 7.80. The molecule has 0 bridgehead atoms. The molecule has 0 spiro atoms. The number of aryl methyl sites for hydroxylation is 3. The van der Waals surface area contributed by atoms with E-state index in [-0.39, 0.29) is 5.56 Å². The summed E-state index contributed by atoms with van der Waals surface area (Å²) in [6.45, 7) is 11.9. The van der Waals surface area contributed by atoms with Gasteiger partial charge in [0.2, 0.25) is 0 Å². The molecule has 2 aromatic carbocycles. The first-order valence-corrected chi connectivity index (χ1v) is 12.4. The molecule has 0 amide bonds. The normalized spacial score (nSPS) is 14.3. The predicted octanol–water partition coefficient (Wildman–Crippen LogP) is 4.37. The molecule has 1 saturated heterocycles. The van der Waals surface area contributed by atoms with Crippen molar-refractivity contribution in [2.45, 2.75) is 33.7 Å². The van der Waals surface area contributed by atoms with Gasteiger partial charge in [0.15, 0.2) is 5.11 Å². The van der Waals surface area contributed by atoms with E-state index in [2.05, 4.69) is 59.1 Å². The summed E-state index contributed by atoms with van der Waals surface area (Å²) in [5.74, 6) is 0. The number of fused-ring (bicyclic) bond motifs is 1. The van der Waals surface area contributed by atoms with Crippen LogP contribution in [0.15, 0.2) is 47.3 Å². The molecule has 4 rings (SSSR count). The maximum atomic E-state index is 12.9. The Morgan fingerprint density at radius 2 is 1.88 bits per heavy atom. The SMILES string of the molecule is Cc1cccc(NC(=S)N(CCCN2CCOCC2)Cc2cc3cc(C)c(C)cc3[nH]c2=O)c1. The van der Waals surface area contributed by atoms with Crippen molar-refractivity contribution in [2.24, 2.45) is 0 Å². The minimum atomic E-state index is -0.0627. The molecule has 1 aromatic heterocycles. The first-order chi connectivity index (χ1) is 16.4. The Labute approximate surface area is 206 Å². The molecule has 2 N–H and O–H groups in total. The molecule has 0 saturated carbocycles. The maximum absolute atomic E-state index is 12.9. The zero-order valence-electron chi connectivity index (χ0n) is 20.3. The van der Waals surface area contributed by atoms with Crippen LogP contribution in [0.25, 0.3) is 10.9 Å². The van der Waals surface area contributed by atoms with Gasteiger partial charge in [-0.2, -0.15) is 0 Å². The van der Waals surface area contributed by atoms with Gasteiger partial charge in [0.25, 0.3) is 5.56 Å². The molecule has 0 unspecified atom stereocenters. The van der Waals surface area contributed by atoms with Gasteiger partial charge in [-0.15, -0.1) is 0 Å². The molecule has 1 aliphatic heterocycles. The number of hydrogen-bond acceptors (Lipinski definition) is 4. The van der Waals surface area contributed by atoms with E-state index in [1.54, 1.807) is 0 Å². The zero-order valence-corrected chi connectivity index (χ0v) is 21.1. The van der Waals surface area contributed by atoms with Gasteiger partial charge in [0.1, 0.15) is 0 Å². The number of nitrogens with zero attached hydrogens (tertiary/aromatic N) is 2. The van der Waals surface area contributed by atoms with E-state index in [1.165, 1.54) is 16.7 Å². The van der Waals surface area contributed by atoms with E-state index < -0.39 is 0 Å². The number of ether oxygens (including phenoxy) is 1. The number of thiocarbonyl (C=S) groups is 1. The van der Waals surface area contributed by atoms with E-state index in [0.29, 0.717) is 11.7 Å².